The van der Waals surface area contributed by atoms with Crippen molar-refractivity contribution >= 4 is 11.6 Å². The predicted molar refractivity (Wildman–Crippen MR) is 90.1 cm³/mol. The summed E-state index contributed by atoms with van der Waals surface area (Å²) in [7, 11) is 1.63. The second kappa shape index (κ2) is 6.82. The first-order chi connectivity index (χ1) is 11.6. The van der Waals surface area contributed by atoms with E-state index in [0.717, 1.165) is 37.4 Å². The van der Waals surface area contributed by atoms with Crippen LogP contribution in [-0.4, -0.2) is 46.0 Å². The number of piperidine rings is 1. The number of carbonyl (C=O) groups is 1. The molecule has 24 heavy (non-hydrogen) atoms. The first-order valence-electron chi connectivity index (χ1n) is 8.01. The van der Waals surface area contributed by atoms with Crippen LogP contribution in [0, 0.1) is 0 Å². The van der Waals surface area contributed by atoms with Crippen LogP contribution in [-0.2, 0) is 4.79 Å². The van der Waals surface area contributed by atoms with Gasteiger partial charge in [-0.2, -0.15) is 9.89 Å². The summed E-state index contributed by atoms with van der Waals surface area (Å²) in [6, 6.07) is 6.05. The second-order valence-corrected chi connectivity index (χ2v) is 5.99. The molecule has 1 amide bonds. The minimum atomic E-state index is 0.0929. The number of likely N-dealkylation sites (tertiary alicyclic amines) is 1. The van der Waals surface area contributed by atoms with Crippen LogP contribution in [0.4, 0.5) is 5.69 Å². The SMILES string of the molecule is COc1cc(C2CCN(C(C)=O)CC2)ccc1Nn1cc(O)cn1. The summed E-state index contributed by atoms with van der Waals surface area (Å²) in [6.07, 6.45) is 4.76. The van der Waals surface area contributed by atoms with Gasteiger partial charge in [0.1, 0.15) is 5.75 Å². The van der Waals surface area contributed by atoms with Crippen molar-refractivity contribution in [2.45, 2.75) is 25.7 Å². The largest absolute Gasteiger partial charge is 0.505 e. The van der Waals surface area contributed by atoms with E-state index in [1.165, 1.54) is 22.7 Å². The van der Waals surface area contributed by atoms with Gasteiger partial charge in [-0.25, -0.2) is 0 Å². The molecule has 1 aliphatic rings. The highest BCUT2D eigenvalue weighted by atomic mass is 16.5. The van der Waals surface area contributed by atoms with Gasteiger partial charge in [-0.05, 0) is 36.5 Å². The van der Waals surface area contributed by atoms with Gasteiger partial charge in [-0.1, -0.05) is 6.07 Å². The van der Waals surface area contributed by atoms with E-state index in [4.69, 9.17) is 4.74 Å². The molecule has 128 valence electrons. The summed E-state index contributed by atoms with van der Waals surface area (Å²) in [5.41, 5.74) is 5.05. The summed E-state index contributed by atoms with van der Waals surface area (Å²) >= 11 is 0. The Morgan fingerprint density at radius 2 is 2.12 bits per heavy atom. The molecule has 0 aliphatic carbocycles. The molecule has 0 atom stereocenters. The predicted octanol–water partition coefficient (Wildman–Crippen LogP) is 2.20. The third kappa shape index (κ3) is 3.45. The Balaban J connectivity index is 1.73. The number of hydrogen-bond acceptors (Lipinski definition) is 5. The number of nitrogens with one attached hydrogen (secondary N) is 1. The molecule has 1 aliphatic heterocycles. The summed E-state index contributed by atoms with van der Waals surface area (Å²) in [5.74, 6) is 1.39. The van der Waals surface area contributed by atoms with Gasteiger partial charge < -0.3 is 14.7 Å². The summed E-state index contributed by atoms with van der Waals surface area (Å²) < 4.78 is 5.48. The van der Waals surface area contributed by atoms with Gasteiger partial charge in [0.05, 0.1) is 25.2 Å². The molecule has 2 heterocycles. The molecule has 3 rings (SSSR count). The number of benzene rings is 1. The fourth-order valence-corrected chi connectivity index (χ4v) is 3.08. The summed E-state index contributed by atoms with van der Waals surface area (Å²) in [4.78, 5) is 14.8. The van der Waals surface area contributed by atoms with E-state index in [1.807, 2.05) is 17.0 Å². The first-order valence-corrected chi connectivity index (χ1v) is 8.01. The maximum absolute atomic E-state index is 11.4. The van der Waals surface area contributed by atoms with Crippen LogP contribution in [0.1, 0.15) is 31.2 Å². The maximum atomic E-state index is 11.4. The lowest BCUT2D eigenvalue weighted by Crippen LogP contribution is -2.36. The highest BCUT2D eigenvalue weighted by Crippen LogP contribution is 2.34. The molecular formula is C17H22N4O3. The fourth-order valence-electron chi connectivity index (χ4n) is 3.08. The van der Waals surface area contributed by atoms with E-state index < -0.39 is 0 Å². The van der Waals surface area contributed by atoms with E-state index in [9.17, 15) is 9.90 Å². The van der Waals surface area contributed by atoms with E-state index >= 15 is 0 Å². The van der Waals surface area contributed by atoms with Gasteiger partial charge in [-0.3, -0.25) is 10.2 Å². The first kappa shape index (κ1) is 16.2. The topological polar surface area (TPSA) is 79.6 Å². The summed E-state index contributed by atoms with van der Waals surface area (Å²) in [5, 5.41) is 13.3. The average Bonchev–Trinajstić information content (AvgIpc) is 3.00. The number of rotatable bonds is 4. The quantitative estimate of drug-likeness (QED) is 0.898. The van der Waals surface area contributed by atoms with Crippen LogP contribution < -0.4 is 10.2 Å². The smallest absolute Gasteiger partial charge is 0.219 e. The number of hydrogen-bond donors (Lipinski definition) is 2. The third-order valence-electron chi connectivity index (χ3n) is 4.44. The molecule has 2 N–H and O–H groups in total. The van der Waals surface area contributed by atoms with E-state index in [-0.39, 0.29) is 11.7 Å². The molecule has 0 spiro atoms. The zero-order chi connectivity index (χ0) is 17.1. The van der Waals surface area contributed by atoms with Gasteiger partial charge in [0.2, 0.25) is 5.91 Å². The molecular weight excluding hydrogens is 308 g/mol. The monoisotopic (exact) mass is 330 g/mol. The zero-order valence-corrected chi connectivity index (χ0v) is 13.9. The van der Waals surface area contributed by atoms with E-state index in [2.05, 4.69) is 16.6 Å². The molecule has 1 saturated heterocycles. The van der Waals surface area contributed by atoms with Crippen molar-refractivity contribution < 1.29 is 14.6 Å². The normalized spacial score (nSPS) is 15.3. The van der Waals surface area contributed by atoms with Crippen LogP contribution in [0.15, 0.2) is 30.6 Å². The van der Waals surface area contributed by atoms with Crippen molar-refractivity contribution in [3.05, 3.63) is 36.2 Å². The van der Waals surface area contributed by atoms with Crippen molar-refractivity contribution in [3.63, 3.8) is 0 Å². The Kier molecular flexibility index (Phi) is 4.59. The Morgan fingerprint density at radius 1 is 1.38 bits per heavy atom. The van der Waals surface area contributed by atoms with Gasteiger partial charge in [-0.15, -0.1) is 0 Å². The van der Waals surface area contributed by atoms with Crippen molar-refractivity contribution in [2.75, 3.05) is 25.6 Å². The van der Waals surface area contributed by atoms with Gasteiger partial charge in [0, 0.05) is 20.0 Å². The molecule has 1 aromatic heterocycles. The van der Waals surface area contributed by atoms with Crippen molar-refractivity contribution in [1.82, 2.24) is 14.8 Å². The Labute approximate surface area is 140 Å². The molecule has 2 aromatic rings. The number of aromatic hydroxyl groups is 1. The molecule has 1 fully saturated rings. The van der Waals surface area contributed by atoms with Crippen LogP contribution in [0.3, 0.4) is 0 Å². The number of methoxy groups -OCH3 is 1. The fraction of sp³-hybridized carbons (Fsp3) is 0.412. The number of aromatic nitrogens is 2. The van der Waals surface area contributed by atoms with Gasteiger partial charge in [0.15, 0.2) is 5.75 Å². The molecule has 0 saturated carbocycles. The van der Waals surface area contributed by atoms with Gasteiger partial charge in [0.25, 0.3) is 0 Å². The number of ether oxygens (including phenoxy) is 1. The highest BCUT2D eigenvalue weighted by Gasteiger charge is 2.22. The Morgan fingerprint density at radius 3 is 2.71 bits per heavy atom. The molecule has 0 unspecified atom stereocenters. The molecule has 7 heteroatoms. The molecule has 7 nitrogen and oxygen atoms in total. The van der Waals surface area contributed by atoms with Crippen molar-refractivity contribution in [3.8, 4) is 11.5 Å². The average molecular weight is 330 g/mol. The van der Waals surface area contributed by atoms with Crippen LogP contribution in [0.5, 0.6) is 11.5 Å². The second-order valence-electron chi connectivity index (χ2n) is 5.99. The van der Waals surface area contributed by atoms with Crippen LogP contribution in [0.25, 0.3) is 0 Å². The number of carbonyl (C=O) groups excluding carboxylic acids is 1. The molecule has 0 radical (unpaired) electrons. The lowest BCUT2D eigenvalue weighted by atomic mass is 9.89. The van der Waals surface area contributed by atoms with Crippen LogP contribution >= 0.6 is 0 Å². The number of anilines is 1. The van der Waals surface area contributed by atoms with Gasteiger partial charge >= 0.3 is 0 Å². The number of nitrogens with zero attached hydrogens (tertiary/aromatic N) is 3. The lowest BCUT2D eigenvalue weighted by Gasteiger charge is -2.31. The van der Waals surface area contributed by atoms with E-state index in [1.54, 1.807) is 14.0 Å². The third-order valence-corrected chi connectivity index (χ3v) is 4.44. The summed E-state index contributed by atoms with van der Waals surface area (Å²) in [6.45, 7) is 3.22. The number of amides is 1. The lowest BCUT2D eigenvalue weighted by molar-refractivity contribution is -0.129. The molecule has 0 bridgehead atoms. The zero-order valence-electron chi connectivity index (χ0n) is 13.9. The minimum Gasteiger partial charge on any atom is -0.505 e. The Bertz CT molecular complexity index is 720. The van der Waals surface area contributed by atoms with Crippen molar-refractivity contribution in [1.29, 1.82) is 0 Å². The maximum Gasteiger partial charge on any atom is 0.219 e. The molecule has 1 aromatic carbocycles. The minimum absolute atomic E-state index is 0.0929. The standard InChI is InChI=1S/C17H22N4O3/c1-12(22)20-7-5-13(6-8-20)14-3-4-16(17(9-14)24-2)19-21-11-15(23)10-18-21/h3-4,9-11,13,19,23H,5-8H2,1-2H3. The van der Waals surface area contributed by atoms with E-state index in [0.29, 0.717) is 5.92 Å². The highest BCUT2D eigenvalue weighted by molar-refractivity contribution is 5.73. The Hall–Kier alpha value is -2.70. The van der Waals surface area contributed by atoms with Crippen molar-refractivity contribution in [2.24, 2.45) is 0 Å². The van der Waals surface area contributed by atoms with Crippen LogP contribution in [0.2, 0.25) is 0 Å².